The molecular formula is C14H9Cl2N3O4. The molecule has 0 saturated heterocycles. The summed E-state index contributed by atoms with van der Waals surface area (Å²) in [4.78, 5) is 26.6. The third-order valence-corrected chi connectivity index (χ3v) is 3.27. The minimum Gasteiger partial charge on any atom is -0.380 e. The van der Waals surface area contributed by atoms with E-state index < -0.39 is 10.9 Å². The van der Waals surface area contributed by atoms with E-state index in [2.05, 4.69) is 9.99 Å². The van der Waals surface area contributed by atoms with E-state index in [1.54, 1.807) is 6.07 Å². The number of hydrogen-bond acceptors (Lipinski definition) is 5. The highest BCUT2D eigenvalue weighted by molar-refractivity contribution is 6.36. The molecule has 23 heavy (non-hydrogen) atoms. The lowest BCUT2D eigenvalue weighted by Gasteiger charge is -2.04. The average Bonchev–Trinajstić information content (AvgIpc) is 2.52. The minimum atomic E-state index is -0.887. The Hall–Kier alpha value is -2.64. The Bertz CT molecular complexity index is 808. The van der Waals surface area contributed by atoms with Gasteiger partial charge in [0.25, 0.3) is 5.69 Å². The predicted octanol–water partition coefficient (Wildman–Crippen LogP) is 3.38. The molecule has 0 saturated carbocycles. The smallest absolute Gasteiger partial charge is 0.366 e. The molecule has 2 aromatic carbocycles. The monoisotopic (exact) mass is 353 g/mol. The molecule has 0 radical (unpaired) electrons. The number of carbonyl (C=O) groups is 1. The summed E-state index contributed by atoms with van der Waals surface area (Å²) in [5.74, 6) is -1.02. The van der Waals surface area contributed by atoms with Gasteiger partial charge in [0.1, 0.15) is 0 Å². The van der Waals surface area contributed by atoms with Crippen molar-refractivity contribution in [3.8, 4) is 0 Å². The Kier molecular flexibility index (Phi) is 5.15. The zero-order valence-electron chi connectivity index (χ0n) is 11.4. The van der Waals surface area contributed by atoms with Crippen LogP contribution in [0.4, 0.5) is 5.69 Å². The van der Waals surface area contributed by atoms with Crippen molar-refractivity contribution in [3.63, 3.8) is 0 Å². The van der Waals surface area contributed by atoms with Gasteiger partial charge < -0.3 is 10.6 Å². The third kappa shape index (κ3) is 4.18. The molecule has 0 bridgehead atoms. The Balaban J connectivity index is 2.17. The van der Waals surface area contributed by atoms with E-state index in [1.807, 2.05) is 0 Å². The molecule has 9 heteroatoms. The predicted molar refractivity (Wildman–Crippen MR) is 85.7 cm³/mol. The molecular weight excluding hydrogens is 345 g/mol. The van der Waals surface area contributed by atoms with Crippen LogP contribution in [0.15, 0.2) is 47.6 Å². The quantitative estimate of drug-likeness (QED) is 0.298. The number of rotatable bonds is 4. The molecule has 0 fully saturated rings. The van der Waals surface area contributed by atoms with Crippen LogP contribution in [0.3, 0.4) is 0 Å². The number of oxime groups is 1. The standard InChI is InChI=1S/C14H9Cl2N3O4/c15-9-4-5-11(12(16)7-9)13(17)18-23-14(20)8-2-1-3-10(6-8)19(21)22/h1-7H,(H2,17,18). The molecule has 2 N–H and O–H groups in total. The number of non-ortho nitro benzene ring substituents is 1. The number of carbonyl (C=O) groups excluding carboxylic acids is 1. The first-order valence-electron chi connectivity index (χ1n) is 6.13. The summed E-state index contributed by atoms with van der Waals surface area (Å²) < 4.78 is 0. The van der Waals surface area contributed by atoms with Gasteiger partial charge in [-0.15, -0.1) is 0 Å². The second kappa shape index (κ2) is 7.08. The lowest BCUT2D eigenvalue weighted by atomic mass is 10.2. The maximum Gasteiger partial charge on any atom is 0.366 e. The van der Waals surface area contributed by atoms with Gasteiger partial charge >= 0.3 is 5.97 Å². The van der Waals surface area contributed by atoms with Crippen LogP contribution in [0, 0.1) is 10.1 Å². The van der Waals surface area contributed by atoms with Gasteiger partial charge in [-0.05, 0) is 24.3 Å². The maximum atomic E-state index is 11.8. The van der Waals surface area contributed by atoms with E-state index in [0.717, 1.165) is 6.07 Å². The Morgan fingerprint density at radius 1 is 1.22 bits per heavy atom. The molecule has 0 atom stereocenters. The van der Waals surface area contributed by atoms with Crippen molar-refractivity contribution >= 4 is 40.7 Å². The number of benzene rings is 2. The summed E-state index contributed by atoms with van der Waals surface area (Å²) in [5, 5.41) is 14.8. The summed E-state index contributed by atoms with van der Waals surface area (Å²) in [5.41, 5.74) is 5.76. The lowest BCUT2D eigenvalue weighted by molar-refractivity contribution is -0.384. The number of nitrogens with zero attached hydrogens (tertiary/aromatic N) is 2. The zero-order valence-corrected chi connectivity index (χ0v) is 12.9. The average molecular weight is 354 g/mol. The van der Waals surface area contributed by atoms with Crippen molar-refractivity contribution in [3.05, 3.63) is 73.8 Å². The van der Waals surface area contributed by atoms with E-state index in [-0.39, 0.29) is 22.1 Å². The van der Waals surface area contributed by atoms with Crippen LogP contribution < -0.4 is 5.73 Å². The molecule has 2 aromatic rings. The zero-order chi connectivity index (χ0) is 17.0. The van der Waals surface area contributed by atoms with Crippen LogP contribution >= 0.6 is 23.2 Å². The molecule has 118 valence electrons. The number of nitro groups is 1. The molecule has 0 aromatic heterocycles. The fraction of sp³-hybridized carbons (Fsp3) is 0. The van der Waals surface area contributed by atoms with Crippen LogP contribution in [0.1, 0.15) is 15.9 Å². The SMILES string of the molecule is N/C(=N\OC(=O)c1cccc([N+](=O)[O-])c1)c1ccc(Cl)cc1Cl. The fourth-order valence-corrected chi connectivity index (χ4v) is 2.14. The van der Waals surface area contributed by atoms with Crippen molar-refractivity contribution in [2.75, 3.05) is 0 Å². The largest absolute Gasteiger partial charge is 0.380 e. The second-order valence-corrected chi connectivity index (χ2v) is 5.13. The third-order valence-electron chi connectivity index (χ3n) is 2.73. The first-order valence-corrected chi connectivity index (χ1v) is 6.89. The van der Waals surface area contributed by atoms with Crippen LogP contribution in [-0.4, -0.2) is 16.7 Å². The number of amidine groups is 1. The first kappa shape index (κ1) is 16.7. The first-order chi connectivity index (χ1) is 10.9. The minimum absolute atomic E-state index is 0.0297. The molecule has 0 amide bonds. The van der Waals surface area contributed by atoms with Crippen LogP contribution in [0.5, 0.6) is 0 Å². The van der Waals surface area contributed by atoms with Gasteiger partial charge in [0, 0.05) is 22.7 Å². The Labute approximate surface area is 140 Å². The second-order valence-electron chi connectivity index (χ2n) is 4.29. The van der Waals surface area contributed by atoms with Gasteiger partial charge in [-0.1, -0.05) is 34.4 Å². The molecule has 7 nitrogen and oxygen atoms in total. The number of hydrogen-bond donors (Lipinski definition) is 1. The summed E-state index contributed by atoms with van der Waals surface area (Å²) in [6.07, 6.45) is 0. The Morgan fingerprint density at radius 2 is 1.96 bits per heavy atom. The number of halogens is 2. The van der Waals surface area contributed by atoms with Crippen molar-refractivity contribution in [2.45, 2.75) is 0 Å². The summed E-state index contributed by atoms with van der Waals surface area (Å²) in [6.45, 7) is 0. The lowest BCUT2D eigenvalue weighted by Crippen LogP contribution is -2.15. The van der Waals surface area contributed by atoms with E-state index in [4.69, 9.17) is 28.9 Å². The molecule has 0 heterocycles. The van der Waals surface area contributed by atoms with E-state index in [9.17, 15) is 14.9 Å². The van der Waals surface area contributed by atoms with Crippen LogP contribution in [0.25, 0.3) is 0 Å². The van der Waals surface area contributed by atoms with Gasteiger partial charge in [-0.2, -0.15) is 0 Å². The highest BCUT2D eigenvalue weighted by atomic mass is 35.5. The van der Waals surface area contributed by atoms with Crippen LogP contribution in [-0.2, 0) is 4.84 Å². The molecule has 0 spiro atoms. The maximum absolute atomic E-state index is 11.8. The molecule has 2 rings (SSSR count). The number of nitrogens with two attached hydrogens (primary N) is 1. The normalized spacial score (nSPS) is 11.1. The van der Waals surface area contributed by atoms with E-state index >= 15 is 0 Å². The Morgan fingerprint density at radius 3 is 2.61 bits per heavy atom. The van der Waals surface area contributed by atoms with E-state index in [1.165, 1.54) is 30.3 Å². The summed E-state index contributed by atoms with van der Waals surface area (Å²) in [6, 6.07) is 9.57. The van der Waals surface area contributed by atoms with Gasteiger partial charge in [-0.25, -0.2) is 4.79 Å². The molecule has 0 unspecified atom stereocenters. The van der Waals surface area contributed by atoms with Gasteiger partial charge in [0.15, 0.2) is 5.84 Å². The molecule has 0 aliphatic carbocycles. The number of nitro benzene ring substituents is 1. The van der Waals surface area contributed by atoms with Crippen molar-refractivity contribution in [1.82, 2.24) is 0 Å². The van der Waals surface area contributed by atoms with Crippen molar-refractivity contribution < 1.29 is 14.6 Å². The highest BCUT2D eigenvalue weighted by Crippen LogP contribution is 2.21. The summed E-state index contributed by atoms with van der Waals surface area (Å²) in [7, 11) is 0. The van der Waals surface area contributed by atoms with E-state index in [0.29, 0.717) is 10.6 Å². The highest BCUT2D eigenvalue weighted by Gasteiger charge is 2.13. The van der Waals surface area contributed by atoms with Crippen molar-refractivity contribution in [1.29, 1.82) is 0 Å². The molecule has 0 aliphatic rings. The molecule has 0 aliphatic heterocycles. The fourth-order valence-electron chi connectivity index (χ4n) is 1.64. The topological polar surface area (TPSA) is 108 Å². The van der Waals surface area contributed by atoms with Crippen LogP contribution in [0.2, 0.25) is 10.0 Å². The van der Waals surface area contributed by atoms with Gasteiger partial charge in [0.2, 0.25) is 0 Å². The van der Waals surface area contributed by atoms with Gasteiger partial charge in [-0.3, -0.25) is 10.1 Å². The van der Waals surface area contributed by atoms with Crippen molar-refractivity contribution in [2.24, 2.45) is 10.9 Å². The van der Waals surface area contributed by atoms with Gasteiger partial charge in [0.05, 0.1) is 15.5 Å². The summed E-state index contributed by atoms with van der Waals surface area (Å²) >= 11 is 11.7.